The summed E-state index contributed by atoms with van der Waals surface area (Å²) in [5, 5.41) is 3.32. The molecule has 1 aromatic heterocycles. The van der Waals surface area contributed by atoms with Gasteiger partial charge < -0.3 is 9.88 Å². The minimum Gasteiger partial charge on any atom is -0.325 e. The molecular formula is C15H22FN3. The topological polar surface area (TPSA) is 29.9 Å². The number of fused-ring (bicyclic) bond motifs is 1. The van der Waals surface area contributed by atoms with Crippen LogP contribution in [0.1, 0.15) is 45.5 Å². The molecule has 4 heteroatoms. The molecule has 3 nitrogen and oxygen atoms in total. The lowest BCUT2D eigenvalue weighted by molar-refractivity contribution is 0.530. The van der Waals surface area contributed by atoms with Crippen LogP contribution in [0, 0.1) is 5.82 Å². The van der Waals surface area contributed by atoms with Crippen LogP contribution in [0.5, 0.6) is 0 Å². The lowest BCUT2D eigenvalue weighted by Gasteiger charge is -2.17. The van der Waals surface area contributed by atoms with Gasteiger partial charge in [-0.2, -0.15) is 0 Å². The number of rotatable bonds is 5. The first-order valence-corrected chi connectivity index (χ1v) is 6.93. The number of imidazole rings is 1. The standard InChI is InChI=1S/C15H22FN3/c1-5-17-9-11(4)15-18-14-12(16)7-6-8-13(14)19(15)10(2)3/h6-8,10-11,17H,5,9H2,1-4H3. The summed E-state index contributed by atoms with van der Waals surface area (Å²) in [5.41, 5.74) is 1.36. The quantitative estimate of drug-likeness (QED) is 0.895. The fourth-order valence-corrected chi connectivity index (χ4v) is 2.44. The van der Waals surface area contributed by atoms with E-state index in [4.69, 9.17) is 0 Å². The molecule has 0 bridgehead atoms. The van der Waals surface area contributed by atoms with E-state index >= 15 is 0 Å². The molecule has 2 aromatic rings. The maximum absolute atomic E-state index is 13.9. The molecule has 0 saturated heterocycles. The maximum Gasteiger partial charge on any atom is 0.151 e. The smallest absolute Gasteiger partial charge is 0.151 e. The van der Waals surface area contributed by atoms with Gasteiger partial charge >= 0.3 is 0 Å². The predicted octanol–water partition coefficient (Wildman–Crippen LogP) is 3.47. The fourth-order valence-electron chi connectivity index (χ4n) is 2.44. The Morgan fingerprint density at radius 2 is 2.05 bits per heavy atom. The lowest BCUT2D eigenvalue weighted by Crippen LogP contribution is -2.22. The molecule has 1 N–H and O–H groups in total. The normalized spacial score (nSPS) is 13.4. The predicted molar refractivity (Wildman–Crippen MR) is 77.0 cm³/mol. The van der Waals surface area contributed by atoms with Crippen LogP contribution in [-0.2, 0) is 0 Å². The Bertz CT molecular complexity index is 560. The number of benzene rings is 1. The summed E-state index contributed by atoms with van der Waals surface area (Å²) in [6.45, 7) is 10.2. The average molecular weight is 263 g/mol. The molecule has 104 valence electrons. The van der Waals surface area contributed by atoms with Gasteiger partial charge in [0.1, 0.15) is 11.3 Å². The molecule has 1 unspecified atom stereocenters. The number of hydrogen-bond donors (Lipinski definition) is 1. The Hall–Kier alpha value is -1.42. The lowest BCUT2D eigenvalue weighted by atomic mass is 10.1. The number of halogens is 1. The number of aromatic nitrogens is 2. The van der Waals surface area contributed by atoms with Crippen molar-refractivity contribution >= 4 is 11.0 Å². The highest BCUT2D eigenvalue weighted by atomic mass is 19.1. The molecular weight excluding hydrogens is 241 g/mol. The molecule has 1 aromatic carbocycles. The summed E-state index contributed by atoms with van der Waals surface area (Å²) in [4.78, 5) is 4.53. The Morgan fingerprint density at radius 1 is 1.32 bits per heavy atom. The molecule has 0 aliphatic carbocycles. The van der Waals surface area contributed by atoms with Gasteiger partial charge in [-0.1, -0.05) is 19.9 Å². The third-order valence-corrected chi connectivity index (χ3v) is 3.36. The van der Waals surface area contributed by atoms with Crippen LogP contribution in [0.3, 0.4) is 0 Å². The second-order valence-corrected chi connectivity index (χ2v) is 5.25. The van der Waals surface area contributed by atoms with Crippen molar-refractivity contribution in [1.29, 1.82) is 0 Å². The Labute approximate surface area is 113 Å². The Kier molecular flexibility index (Phi) is 4.20. The first-order valence-electron chi connectivity index (χ1n) is 6.93. The van der Waals surface area contributed by atoms with Crippen molar-refractivity contribution < 1.29 is 4.39 Å². The van der Waals surface area contributed by atoms with Gasteiger partial charge in [-0.15, -0.1) is 0 Å². The van der Waals surface area contributed by atoms with E-state index in [2.05, 4.69) is 42.6 Å². The van der Waals surface area contributed by atoms with E-state index in [0.29, 0.717) is 5.52 Å². The van der Waals surface area contributed by atoms with E-state index < -0.39 is 0 Å². The van der Waals surface area contributed by atoms with Crippen LogP contribution in [0.25, 0.3) is 11.0 Å². The van der Waals surface area contributed by atoms with Crippen molar-refractivity contribution in [2.45, 2.75) is 39.7 Å². The minimum atomic E-state index is -0.242. The van der Waals surface area contributed by atoms with Gasteiger partial charge in [0.05, 0.1) is 5.52 Å². The molecule has 0 saturated carbocycles. The van der Waals surface area contributed by atoms with Crippen molar-refractivity contribution in [3.05, 3.63) is 29.8 Å². The Morgan fingerprint density at radius 3 is 2.68 bits per heavy atom. The molecule has 0 fully saturated rings. The summed E-state index contributed by atoms with van der Waals surface area (Å²) in [6, 6.07) is 5.43. The summed E-state index contributed by atoms with van der Waals surface area (Å²) in [7, 11) is 0. The molecule has 19 heavy (non-hydrogen) atoms. The van der Waals surface area contributed by atoms with Crippen LogP contribution in [0.4, 0.5) is 4.39 Å². The molecule has 0 amide bonds. The zero-order valence-electron chi connectivity index (χ0n) is 12.1. The molecule has 0 aliphatic heterocycles. The van der Waals surface area contributed by atoms with E-state index in [1.165, 1.54) is 6.07 Å². The van der Waals surface area contributed by atoms with E-state index in [1.807, 2.05) is 6.07 Å². The second-order valence-electron chi connectivity index (χ2n) is 5.25. The van der Waals surface area contributed by atoms with Crippen LogP contribution in [-0.4, -0.2) is 22.6 Å². The van der Waals surface area contributed by atoms with Crippen molar-refractivity contribution in [2.24, 2.45) is 0 Å². The Balaban J connectivity index is 2.53. The van der Waals surface area contributed by atoms with Crippen molar-refractivity contribution in [3.8, 4) is 0 Å². The van der Waals surface area contributed by atoms with Crippen LogP contribution in [0.2, 0.25) is 0 Å². The first-order chi connectivity index (χ1) is 9.06. The zero-order chi connectivity index (χ0) is 14.0. The van der Waals surface area contributed by atoms with Crippen molar-refractivity contribution in [3.63, 3.8) is 0 Å². The van der Waals surface area contributed by atoms with Gasteiger partial charge in [0.15, 0.2) is 5.82 Å². The zero-order valence-corrected chi connectivity index (χ0v) is 12.1. The van der Waals surface area contributed by atoms with E-state index in [0.717, 1.165) is 24.4 Å². The van der Waals surface area contributed by atoms with Gasteiger partial charge in [-0.05, 0) is 32.5 Å². The first kappa shape index (κ1) is 14.0. The van der Waals surface area contributed by atoms with Gasteiger partial charge in [-0.25, -0.2) is 9.37 Å². The number of para-hydroxylation sites is 1. The van der Waals surface area contributed by atoms with Gasteiger partial charge in [0.25, 0.3) is 0 Å². The molecule has 1 heterocycles. The van der Waals surface area contributed by atoms with Crippen molar-refractivity contribution in [2.75, 3.05) is 13.1 Å². The van der Waals surface area contributed by atoms with Gasteiger partial charge in [-0.3, -0.25) is 0 Å². The summed E-state index contributed by atoms with van der Waals surface area (Å²) >= 11 is 0. The largest absolute Gasteiger partial charge is 0.325 e. The monoisotopic (exact) mass is 263 g/mol. The fraction of sp³-hybridized carbons (Fsp3) is 0.533. The molecule has 0 radical (unpaired) electrons. The third-order valence-electron chi connectivity index (χ3n) is 3.36. The number of nitrogens with one attached hydrogen (secondary N) is 1. The molecule has 2 rings (SSSR count). The van der Waals surface area contributed by atoms with E-state index in [1.54, 1.807) is 6.07 Å². The highest BCUT2D eigenvalue weighted by molar-refractivity contribution is 5.77. The van der Waals surface area contributed by atoms with Crippen LogP contribution in [0.15, 0.2) is 18.2 Å². The highest BCUT2D eigenvalue weighted by Gasteiger charge is 2.19. The van der Waals surface area contributed by atoms with E-state index in [-0.39, 0.29) is 17.8 Å². The summed E-state index contributed by atoms with van der Waals surface area (Å²) < 4.78 is 16.0. The van der Waals surface area contributed by atoms with Crippen LogP contribution >= 0.6 is 0 Å². The number of hydrogen-bond acceptors (Lipinski definition) is 2. The molecule has 0 spiro atoms. The van der Waals surface area contributed by atoms with Crippen molar-refractivity contribution in [1.82, 2.24) is 14.9 Å². The maximum atomic E-state index is 13.9. The number of likely N-dealkylation sites (N-methyl/N-ethyl adjacent to an activating group) is 1. The summed E-state index contributed by atoms with van der Waals surface area (Å²) in [6.07, 6.45) is 0. The van der Waals surface area contributed by atoms with Gasteiger partial charge in [0.2, 0.25) is 0 Å². The second kappa shape index (κ2) is 5.70. The minimum absolute atomic E-state index is 0.242. The van der Waals surface area contributed by atoms with Gasteiger partial charge in [0, 0.05) is 18.5 Å². The molecule has 1 atom stereocenters. The average Bonchev–Trinajstić information content (AvgIpc) is 2.77. The summed E-state index contributed by atoms with van der Waals surface area (Å²) in [5.74, 6) is 0.971. The molecule has 0 aliphatic rings. The van der Waals surface area contributed by atoms with E-state index in [9.17, 15) is 4.39 Å². The SMILES string of the molecule is CCNCC(C)c1nc2c(F)cccc2n1C(C)C. The van der Waals surface area contributed by atoms with Crippen LogP contribution < -0.4 is 5.32 Å². The number of nitrogens with zero attached hydrogens (tertiary/aromatic N) is 2. The third kappa shape index (κ3) is 2.63. The highest BCUT2D eigenvalue weighted by Crippen LogP contribution is 2.27.